The molecule has 4 aromatic heterocycles. The highest BCUT2D eigenvalue weighted by Gasteiger charge is 2.51. The maximum atomic E-state index is 13.7. The van der Waals surface area contributed by atoms with Gasteiger partial charge in [-0.2, -0.15) is 4.98 Å². The summed E-state index contributed by atoms with van der Waals surface area (Å²) < 4.78 is 49.4. The molecule has 2 aliphatic heterocycles. The summed E-state index contributed by atoms with van der Waals surface area (Å²) in [6.07, 6.45) is -3.82. The van der Waals surface area contributed by atoms with E-state index in [0.717, 1.165) is 0 Å². The first kappa shape index (κ1) is 29.8. The number of aromatic nitrogens is 7. The maximum Gasteiger partial charge on any atom is 0.335 e. The lowest BCUT2D eigenvalue weighted by molar-refractivity contribution is -0.0492. The molecule has 20 nitrogen and oxygen atoms in total. The molecule has 0 aromatic carbocycles. The Bertz CT molecular complexity index is 1800. The quantitative estimate of drug-likeness (QED) is 0.103. The Morgan fingerprint density at radius 2 is 1.91 bits per heavy atom. The number of nitrogens with two attached hydrogens (primary N) is 2. The van der Waals surface area contributed by atoms with Crippen molar-refractivity contribution in [3.05, 3.63) is 35.3 Å². The molecule has 0 aliphatic carbocycles. The minimum Gasteiger partial charge on any atom is -0.387 e. The molecule has 2 unspecified atom stereocenters. The van der Waals surface area contributed by atoms with E-state index in [9.17, 15) is 29.0 Å². The third-order valence-electron chi connectivity index (χ3n) is 7.28. The number of fused-ring (bicyclic) bond motifs is 2. The van der Waals surface area contributed by atoms with Gasteiger partial charge in [-0.05, 0) is 12.5 Å². The Hall–Kier alpha value is -3.29. The monoisotopic (exact) mass is 643 g/mol. The normalized spacial score (nSPS) is 29.8. The summed E-state index contributed by atoms with van der Waals surface area (Å²) in [5.74, 6) is -0.0318. The molecule has 0 spiro atoms. The van der Waals surface area contributed by atoms with Gasteiger partial charge in [0.05, 0.1) is 31.0 Å². The minimum atomic E-state index is -4.67. The summed E-state index contributed by atoms with van der Waals surface area (Å²) in [5.41, 5.74) is 9.76. The molecule has 22 heteroatoms. The third-order valence-corrected chi connectivity index (χ3v) is 9.51. The standard InChI is InChI=1S/C21H27N9O11P2/c22-15-9-1-2-29(16(9)25-6-24-15)20-14(32)13(31)10(41-20)5-39-43(36,37)11-3-8(4-38-42(34)35)40-19(11)30-7-26-12-17(30)27-21(23)28-18(12)33/h1-2,6-8,10-11,13-14,19-20,31-32,42H,3-5H2,(H,34,35)(H,36,37)(H2,22,24,25)(H3,23,27,28,33)/t8-,10+,11+,13+,14+,19+,20+/m0/s1. The van der Waals surface area contributed by atoms with Crippen LogP contribution in [0.4, 0.5) is 11.8 Å². The number of nitrogens with zero attached hydrogens (tertiary/aromatic N) is 6. The smallest absolute Gasteiger partial charge is 0.335 e. The molecule has 2 saturated heterocycles. The van der Waals surface area contributed by atoms with Gasteiger partial charge >= 0.3 is 15.9 Å². The van der Waals surface area contributed by atoms with Crippen molar-refractivity contribution in [3.63, 3.8) is 0 Å². The van der Waals surface area contributed by atoms with Gasteiger partial charge in [-0.15, -0.1) is 0 Å². The molecule has 232 valence electrons. The summed E-state index contributed by atoms with van der Waals surface area (Å²) in [6.45, 7) is -1.01. The largest absolute Gasteiger partial charge is 0.387 e. The molecule has 9 atom stereocenters. The second-order valence-corrected chi connectivity index (χ2v) is 12.8. The van der Waals surface area contributed by atoms with E-state index in [-0.39, 0.29) is 36.0 Å². The van der Waals surface area contributed by atoms with E-state index in [1.165, 1.54) is 21.8 Å². The number of H-pyrrole nitrogens is 1. The van der Waals surface area contributed by atoms with Crippen molar-refractivity contribution in [2.75, 3.05) is 24.7 Å². The first-order chi connectivity index (χ1) is 20.4. The number of aromatic amines is 1. The molecule has 9 N–H and O–H groups in total. The Kier molecular flexibility index (Phi) is 7.84. The molecular weight excluding hydrogens is 616 g/mol. The molecule has 6 heterocycles. The minimum absolute atomic E-state index is 0.0440. The molecule has 0 radical (unpaired) electrons. The van der Waals surface area contributed by atoms with Crippen LogP contribution in [-0.4, -0.2) is 97.3 Å². The zero-order chi connectivity index (χ0) is 30.6. The van der Waals surface area contributed by atoms with Crippen LogP contribution >= 0.6 is 15.9 Å². The van der Waals surface area contributed by atoms with Gasteiger partial charge in [0.15, 0.2) is 23.6 Å². The molecule has 2 aliphatic rings. The molecule has 4 aromatic rings. The molecule has 6 rings (SSSR count). The SMILES string of the molecule is Nc1nc2c(ncn2[C@@H]2O[C@H](CO[PH](=O)O)C[C@H]2P(=O)(O)OC[C@H]2O[C@@H](n3ccc4c(N)ncnc43)[C@H](O)[C@@H]2O)c(=O)[nH]1. The molecule has 2 fully saturated rings. The van der Waals surface area contributed by atoms with Crippen molar-refractivity contribution < 1.29 is 47.7 Å². The van der Waals surface area contributed by atoms with Crippen molar-refractivity contribution in [1.29, 1.82) is 0 Å². The molecule has 0 bridgehead atoms. The average molecular weight is 643 g/mol. The van der Waals surface area contributed by atoms with Gasteiger partial charge in [-0.25, -0.2) is 15.0 Å². The van der Waals surface area contributed by atoms with Crippen molar-refractivity contribution in [3.8, 4) is 0 Å². The third kappa shape index (κ3) is 5.46. The zero-order valence-corrected chi connectivity index (χ0v) is 23.8. The molecular formula is C21H27N9O11P2. The highest BCUT2D eigenvalue weighted by molar-refractivity contribution is 7.53. The average Bonchev–Trinajstić information content (AvgIpc) is 3.72. The van der Waals surface area contributed by atoms with Crippen molar-refractivity contribution >= 4 is 49.8 Å². The maximum absolute atomic E-state index is 13.7. The van der Waals surface area contributed by atoms with Crippen LogP contribution in [-0.2, 0) is 27.7 Å². The predicted octanol–water partition coefficient (Wildman–Crippen LogP) is -1.40. The number of hydrogen-bond acceptors (Lipinski definition) is 15. The Labute approximate surface area is 240 Å². The summed E-state index contributed by atoms with van der Waals surface area (Å²) >= 11 is 0. The van der Waals surface area contributed by atoms with Gasteiger partial charge in [0, 0.05) is 6.20 Å². The number of rotatable bonds is 9. The van der Waals surface area contributed by atoms with Crippen molar-refractivity contribution in [2.24, 2.45) is 0 Å². The van der Waals surface area contributed by atoms with Crippen molar-refractivity contribution in [1.82, 2.24) is 34.1 Å². The topological polar surface area (TPSA) is 298 Å². The van der Waals surface area contributed by atoms with Gasteiger partial charge < -0.3 is 54.6 Å². The van der Waals surface area contributed by atoms with E-state index in [1.54, 1.807) is 12.3 Å². The second-order valence-electron chi connectivity index (χ2n) is 9.93. The summed E-state index contributed by atoms with van der Waals surface area (Å²) in [7, 11) is -8.00. The number of imidazole rings is 1. The lowest BCUT2D eigenvalue weighted by Crippen LogP contribution is -2.34. The highest BCUT2D eigenvalue weighted by Crippen LogP contribution is 2.57. The number of aliphatic hydroxyl groups excluding tert-OH is 2. The summed E-state index contributed by atoms with van der Waals surface area (Å²) in [5, 5.41) is 21.9. The van der Waals surface area contributed by atoms with Crippen LogP contribution in [0.2, 0.25) is 0 Å². The van der Waals surface area contributed by atoms with Gasteiger partial charge in [0.25, 0.3) is 5.56 Å². The first-order valence-corrected chi connectivity index (χ1v) is 15.6. The Morgan fingerprint density at radius 1 is 1.12 bits per heavy atom. The number of anilines is 2. The van der Waals surface area contributed by atoms with Crippen LogP contribution in [0.1, 0.15) is 18.9 Å². The van der Waals surface area contributed by atoms with Crippen LogP contribution in [0.5, 0.6) is 0 Å². The number of nitrogen functional groups attached to an aromatic ring is 2. The van der Waals surface area contributed by atoms with Crippen LogP contribution in [0.3, 0.4) is 0 Å². The fourth-order valence-corrected chi connectivity index (χ4v) is 7.16. The van der Waals surface area contributed by atoms with E-state index in [2.05, 4.69) is 24.9 Å². The fraction of sp³-hybridized carbons (Fsp3) is 0.476. The number of ether oxygens (including phenoxy) is 2. The van der Waals surface area contributed by atoms with Gasteiger partial charge in [0.2, 0.25) is 5.95 Å². The summed E-state index contributed by atoms with van der Waals surface area (Å²) in [4.78, 5) is 50.9. The van der Waals surface area contributed by atoms with E-state index < -0.39 is 70.5 Å². The zero-order valence-electron chi connectivity index (χ0n) is 21.9. The second kappa shape index (κ2) is 11.3. The lowest BCUT2D eigenvalue weighted by atomic mass is 10.1. The lowest BCUT2D eigenvalue weighted by Gasteiger charge is -2.25. The fourth-order valence-electron chi connectivity index (χ4n) is 5.24. The first-order valence-electron chi connectivity index (χ1n) is 12.7. The highest BCUT2D eigenvalue weighted by atomic mass is 31.2. The Balaban J connectivity index is 1.23. The molecule has 43 heavy (non-hydrogen) atoms. The van der Waals surface area contributed by atoms with Crippen LogP contribution in [0.15, 0.2) is 29.7 Å². The van der Waals surface area contributed by atoms with Gasteiger partial charge in [-0.1, -0.05) is 0 Å². The Morgan fingerprint density at radius 3 is 2.67 bits per heavy atom. The van der Waals surface area contributed by atoms with E-state index >= 15 is 0 Å². The molecule has 0 saturated carbocycles. The van der Waals surface area contributed by atoms with E-state index in [1.807, 2.05) is 0 Å². The van der Waals surface area contributed by atoms with Crippen LogP contribution < -0.4 is 17.0 Å². The van der Waals surface area contributed by atoms with Crippen LogP contribution in [0, 0.1) is 0 Å². The van der Waals surface area contributed by atoms with Gasteiger partial charge in [0.1, 0.15) is 41.8 Å². The molecule has 0 amide bonds. The van der Waals surface area contributed by atoms with Gasteiger partial charge in [-0.3, -0.25) is 23.5 Å². The van der Waals surface area contributed by atoms with Crippen molar-refractivity contribution in [2.45, 2.75) is 49.0 Å². The van der Waals surface area contributed by atoms with E-state index in [4.69, 9.17) is 34.9 Å². The number of aliphatic hydroxyl groups is 2. The van der Waals surface area contributed by atoms with Crippen LogP contribution in [0.25, 0.3) is 22.2 Å². The van der Waals surface area contributed by atoms with E-state index in [0.29, 0.717) is 11.0 Å². The predicted molar refractivity (Wildman–Crippen MR) is 146 cm³/mol. The number of hydrogen-bond donors (Lipinski definition) is 7. The number of nitrogens with one attached hydrogen (secondary N) is 1. The summed E-state index contributed by atoms with van der Waals surface area (Å²) in [6, 6.07) is 1.61.